The van der Waals surface area contributed by atoms with E-state index in [2.05, 4.69) is 202 Å². The second kappa shape index (κ2) is 33.4. The van der Waals surface area contributed by atoms with Gasteiger partial charge in [-0.1, -0.05) is 191 Å². The van der Waals surface area contributed by atoms with Crippen LogP contribution in [0.4, 0.5) is 17.1 Å². The first-order valence-electron chi connectivity index (χ1n) is 34.6. The van der Waals surface area contributed by atoms with E-state index in [0.717, 1.165) is 152 Å². The number of benzene rings is 5. The van der Waals surface area contributed by atoms with Crippen LogP contribution in [0.5, 0.6) is 11.5 Å². The van der Waals surface area contributed by atoms with Gasteiger partial charge in [0.25, 0.3) is 0 Å². The van der Waals surface area contributed by atoms with Crippen molar-refractivity contribution < 1.29 is 19.4 Å². The largest absolute Gasteiger partial charge is 0.493 e. The summed E-state index contributed by atoms with van der Waals surface area (Å²) in [6.45, 7) is 14.6. The number of aryl methyl sites for hydroxylation is 4. The molecule has 0 fully saturated rings. The molecule has 0 spiro atoms. The summed E-state index contributed by atoms with van der Waals surface area (Å²) in [5, 5.41) is 9.79. The summed E-state index contributed by atoms with van der Waals surface area (Å²) in [6.07, 6.45) is 34.2. The lowest BCUT2D eigenvalue weighted by molar-refractivity contribution is 0.0696. The Morgan fingerprint density at radius 2 is 0.859 bits per heavy atom. The summed E-state index contributed by atoms with van der Waals surface area (Å²) in [5.41, 5.74) is 19.4. The number of aromatic nitrogens is 4. The van der Waals surface area contributed by atoms with Crippen LogP contribution in [0.3, 0.4) is 0 Å². The zero-order valence-corrected chi connectivity index (χ0v) is 55.5. The third-order valence-electron chi connectivity index (χ3n) is 17.9. The smallest absolute Gasteiger partial charge is 0.335 e. The van der Waals surface area contributed by atoms with Gasteiger partial charge in [-0.15, -0.1) is 0 Å². The van der Waals surface area contributed by atoms with Crippen molar-refractivity contribution in [1.29, 1.82) is 0 Å². The Labute approximate surface area is 547 Å². The molecule has 0 atom stereocenters. The fraction of sp³-hybridized carbons (Fsp3) is 0.361. The molecule has 0 saturated heterocycles. The minimum atomic E-state index is -0.986. The number of ether oxygens (including phenoxy) is 2. The highest BCUT2D eigenvalue weighted by Crippen LogP contribution is 2.45. The average Bonchev–Trinajstić information content (AvgIpc) is 1.63. The van der Waals surface area contributed by atoms with Crippen molar-refractivity contribution >= 4 is 69.4 Å². The lowest BCUT2D eigenvalue weighted by Gasteiger charge is -2.27. The number of hydrogen-bond acceptors (Lipinski definition) is 6. The van der Waals surface area contributed by atoms with Crippen LogP contribution >= 0.6 is 0 Å². The Morgan fingerprint density at radius 3 is 1.36 bits per heavy atom. The van der Waals surface area contributed by atoms with E-state index in [-0.39, 0.29) is 5.56 Å². The van der Waals surface area contributed by atoms with Crippen LogP contribution in [-0.2, 0) is 12.8 Å². The predicted octanol–water partition coefficient (Wildman–Crippen LogP) is 22.9. The van der Waals surface area contributed by atoms with Gasteiger partial charge in [-0.3, -0.25) is 0 Å². The molecule has 3 N–H and O–H groups in total. The van der Waals surface area contributed by atoms with E-state index in [1.165, 1.54) is 101 Å². The first-order valence-corrected chi connectivity index (χ1v) is 34.6. The third-order valence-corrected chi connectivity index (χ3v) is 17.9. The highest BCUT2D eigenvalue weighted by molar-refractivity contribution is 6.01. The number of carboxylic acid groups (broad SMARTS) is 1. The molecule has 2 aliphatic heterocycles. The number of H-pyrrole nitrogens is 2. The summed E-state index contributed by atoms with van der Waals surface area (Å²) in [5.74, 6) is 7.57. The maximum atomic E-state index is 11.9. The molecule has 10 rings (SSSR count). The normalized spacial score (nSPS) is 11.7. The highest BCUT2D eigenvalue weighted by atomic mass is 16.5. The Hall–Kier alpha value is -8.87. The van der Waals surface area contributed by atoms with Crippen LogP contribution in [0, 0.1) is 25.7 Å². The summed E-state index contributed by atoms with van der Waals surface area (Å²) >= 11 is 0. The maximum Gasteiger partial charge on any atom is 0.335 e. The molecule has 0 aliphatic carbocycles. The van der Waals surface area contributed by atoms with Gasteiger partial charge in [-0.05, 0) is 184 Å². The second-order valence-electron chi connectivity index (χ2n) is 25.0. The molecule has 0 amide bonds. The summed E-state index contributed by atoms with van der Waals surface area (Å²) in [4.78, 5) is 33.8. The van der Waals surface area contributed by atoms with Crippen LogP contribution < -0.4 is 14.4 Å². The van der Waals surface area contributed by atoms with Crippen LogP contribution in [0.25, 0.3) is 68.6 Å². The number of carbonyl (C=O) groups is 1. The molecule has 2 aliphatic rings. The molecule has 476 valence electrons. The first-order chi connectivity index (χ1) is 45.2. The number of anilines is 3. The number of carboxylic acids is 1. The summed E-state index contributed by atoms with van der Waals surface area (Å²) in [6, 6.07) is 46.5. The molecule has 0 radical (unpaired) electrons. The Bertz CT molecular complexity index is 3940. The molecule has 5 aromatic carbocycles. The minimum absolute atomic E-state index is 0.201. The van der Waals surface area contributed by atoms with E-state index < -0.39 is 5.97 Å². The number of aromatic carboxylic acids is 1. The molecule has 0 saturated carbocycles. The van der Waals surface area contributed by atoms with Gasteiger partial charge in [-0.25, -0.2) is 14.8 Å². The van der Waals surface area contributed by atoms with Gasteiger partial charge in [0.15, 0.2) is 0 Å². The predicted molar refractivity (Wildman–Crippen MR) is 387 cm³/mol. The maximum absolute atomic E-state index is 11.9. The average molecular weight is 1230 g/mol. The van der Waals surface area contributed by atoms with Crippen molar-refractivity contribution in [3.63, 3.8) is 0 Å². The SMILES string of the molecule is CCCCCCCCOc1cccc(C)c1-c1c2nc(c(N(c3ccc(CCCCCC)cc3)c3ccc(CCCCCC)cc3)c3ccc([nH]3)c(-c3c(C)cccc3OCCCCCCCC)c3nc(c(C#Cc4ccc(C(=O)O)cc4)c4ccc1[nH]4)C=C3)C=C2. The molecular formula is C83H95N5O4. The van der Waals surface area contributed by atoms with Crippen molar-refractivity contribution in [2.45, 2.75) is 183 Å². The van der Waals surface area contributed by atoms with E-state index >= 15 is 0 Å². The molecule has 9 heteroatoms. The lowest BCUT2D eigenvalue weighted by atomic mass is 9.97. The molecule has 3 aromatic heterocycles. The molecule has 92 heavy (non-hydrogen) atoms. The Kier molecular flexibility index (Phi) is 24.0. The fourth-order valence-corrected chi connectivity index (χ4v) is 12.7. The quantitative estimate of drug-likeness (QED) is 0.0284. The third kappa shape index (κ3) is 16.8. The van der Waals surface area contributed by atoms with Gasteiger partial charge in [0.2, 0.25) is 0 Å². The zero-order chi connectivity index (χ0) is 64.0. The van der Waals surface area contributed by atoms with Crippen molar-refractivity contribution in [2.24, 2.45) is 0 Å². The number of hydrogen-bond donors (Lipinski definition) is 3. The van der Waals surface area contributed by atoms with Gasteiger partial charge in [-0.2, -0.15) is 0 Å². The number of unbranched alkanes of at least 4 members (excludes halogenated alkanes) is 16. The second-order valence-corrected chi connectivity index (χ2v) is 25.0. The van der Waals surface area contributed by atoms with Crippen molar-refractivity contribution in [2.75, 3.05) is 18.1 Å². The van der Waals surface area contributed by atoms with E-state index in [4.69, 9.17) is 19.4 Å². The molecule has 8 aromatic rings. The number of aromatic amines is 2. The molecule has 8 bridgehead atoms. The highest BCUT2D eigenvalue weighted by Gasteiger charge is 2.25. The van der Waals surface area contributed by atoms with Gasteiger partial charge < -0.3 is 29.4 Å². The van der Waals surface area contributed by atoms with Gasteiger partial charge >= 0.3 is 5.97 Å². The molecular weight excluding hydrogens is 1130 g/mol. The monoisotopic (exact) mass is 1230 g/mol. The van der Waals surface area contributed by atoms with E-state index in [0.29, 0.717) is 30.0 Å². The van der Waals surface area contributed by atoms with Crippen LogP contribution in [-0.4, -0.2) is 44.2 Å². The van der Waals surface area contributed by atoms with Crippen LogP contribution in [0.1, 0.15) is 223 Å². The van der Waals surface area contributed by atoms with Crippen molar-refractivity contribution in [3.05, 3.63) is 195 Å². The topological polar surface area (TPSA) is 116 Å². The number of nitrogens with one attached hydrogen (secondary N) is 2. The van der Waals surface area contributed by atoms with Crippen molar-refractivity contribution in [3.8, 4) is 45.6 Å². The van der Waals surface area contributed by atoms with E-state index in [1.807, 2.05) is 0 Å². The molecule has 5 heterocycles. The van der Waals surface area contributed by atoms with Crippen LogP contribution in [0.15, 0.2) is 133 Å². The summed E-state index contributed by atoms with van der Waals surface area (Å²) < 4.78 is 13.8. The molecule has 9 nitrogen and oxygen atoms in total. The van der Waals surface area contributed by atoms with Gasteiger partial charge in [0.1, 0.15) is 11.5 Å². The molecule has 0 unspecified atom stereocenters. The van der Waals surface area contributed by atoms with E-state index in [1.54, 1.807) is 24.3 Å². The Balaban J connectivity index is 1.27. The first kappa shape index (κ1) is 66.1. The zero-order valence-electron chi connectivity index (χ0n) is 55.5. The Morgan fingerprint density at radius 1 is 0.435 bits per heavy atom. The lowest BCUT2D eigenvalue weighted by Crippen LogP contribution is -2.12. The van der Waals surface area contributed by atoms with Crippen molar-refractivity contribution in [1.82, 2.24) is 19.9 Å². The van der Waals surface area contributed by atoms with Gasteiger partial charge in [0, 0.05) is 50.2 Å². The minimum Gasteiger partial charge on any atom is -0.493 e. The van der Waals surface area contributed by atoms with Crippen LogP contribution in [0.2, 0.25) is 0 Å². The summed E-state index contributed by atoms with van der Waals surface area (Å²) in [7, 11) is 0. The van der Waals surface area contributed by atoms with E-state index in [9.17, 15) is 9.90 Å². The standard InChI is InChI=1S/C83H95N5O4/c1-7-11-15-19-21-25-57-91-76-33-27-29-59(5)78(76)80-70-51-49-68(84-70)67(48-41-63-35-42-64(43-36-63)83(89)90)69-50-52-71(85-69)81(79-60(6)30-28-34-77(79)92-58-26-22-20-16-12-8-2)73-54-56-75(87-73)82(74-55-53-72(80)86-74)88(65-44-37-61(38-45-65)31-23-17-13-9-3)66-46-39-62(40-47-66)32-24-18-14-10-4/h27-30,33-40,42-47,49-56,84,87H,7-26,31-32,57-58H2,1-6H3,(H,89,90). The number of rotatable bonds is 32. The van der Waals surface area contributed by atoms with Gasteiger partial charge in [0.05, 0.1) is 63.8 Å². The number of nitrogens with zero attached hydrogens (tertiary/aromatic N) is 3. The number of fused-ring (bicyclic) bond motifs is 8. The fourth-order valence-electron chi connectivity index (χ4n) is 12.7.